The Labute approximate surface area is 100 Å². The molecule has 0 spiro atoms. The molecule has 1 saturated heterocycles. The highest BCUT2D eigenvalue weighted by Crippen LogP contribution is 2.31. The molecule has 1 aliphatic heterocycles. The van der Waals surface area contributed by atoms with E-state index in [-0.39, 0.29) is 0 Å². The third-order valence-corrected chi connectivity index (χ3v) is 4.01. The lowest BCUT2D eigenvalue weighted by Gasteiger charge is -2.13. The standard InChI is InChI=1S/C11H17N3OS/c1-7-6-10(14-11(12-3)13-7)16-9-4-5-15-8(9)2/h6,8-9H,4-5H2,1-3H3,(H,12,13,14). The fourth-order valence-electron chi connectivity index (χ4n) is 1.73. The summed E-state index contributed by atoms with van der Waals surface area (Å²) in [5.41, 5.74) is 0.994. The van der Waals surface area contributed by atoms with Crippen molar-refractivity contribution in [2.75, 3.05) is 19.0 Å². The third-order valence-electron chi connectivity index (χ3n) is 2.63. The minimum Gasteiger partial charge on any atom is -0.377 e. The van der Waals surface area contributed by atoms with Gasteiger partial charge >= 0.3 is 0 Å². The molecule has 0 aliphatic carbocycles. The molecule has 0 saturated carbocycles. The Hall–Kier alpha value is -0.810. The molecule has 4 nitrogen and oxygen atoms in total. The van der Waals surface area contributed by atoms with Crippen LogP contribution < -0.4 is 5.32 Å². The van der Waals surface area contributed by atoms with Crippen molar-refractivity contribution in [1.82, 2.24) is 9.97 Å². The largest absolute Gasteiger partial charge is 0.377 e. The molecule has 88 valence electrons. The molecule has 2 atom stereocenters. The zero-order chi connectivity index (χ0) is 11.5. The first-order valence-electron chi connectivity index (χ1n) is 5.50. The second-order valence-corrected chi connectivity index (χ2v) is 5.20. The van der Waals surface area contributed by atoms with Gasteiger partial charge in [0.25, 0.3) is 0 Å². The Kier molecular flexibility index (Phi) is 3.66. The first-order valence-corrected chi connectivity index (χ1v) is 6.38. The normalized spacial score (nSPS) is 24.7. The quantitative estimate of drug-likeness (QED) is 0.818. The number of thioether (sulfide) groups is 1. The summed E-state index contributed by atoms with van der Waals surface area (Å²) in [5.74, 6) is 0.689. The highest BCUT2D eigenvalue weighted by Gasteiger charge is 2.25. The predicted molar refractivity (Wildman–Crippen MR) is 66.0 cm³/mol. The fourth-order valence-corrected chi connectivity index (χ4v) is 2.91. The highest BCUT2D eigenvalue weighted by atomic mass is 32.2. The Bertz CT molecular complexity index is 372. The van der Waals surface area contributed by atoms with E-state index in [1.807, 2.05) is 20.0 Å². The molecule has 1 fully saturated rings. The van der Waals surface area contributed by atoms with Crippen LogP contribution in [0.5, 0.6) is 0 Å². The summed E-state index contributed by atoms with van der Waals surface area (Å²) in [4.78, 5) is 8.71. The van der Waals surface area contributed by atoms with Crippen LogP contribution in [0.25, 0.3) is 0 Å². The molecule has 1 N–H and O–H groups in total. The van der Waals surface area contributed by atoms with Gasteiger partial charge in [0.2, 0.25) is 5.95 Å². The van der Waals surface area contributed by atoms with Gasteiger partial charge in [-0.15, -0.1) is 11.8 Å². The van der Waals surface area contributed by atoms with Crippen molar-refractivity contribution in [1.29, 1.82) is 0 Å². The third kappa shape index (κ3) is 2.65. The van der Waals surface area contributed by atoms with Crippen LogP contribution in [-0.4, -0.2) is 35.0 Å². The van der Waals surface area contributed by atoms with Gasteiger partial charge in [-0.25, -0.2) is 9.97 Å². The summed E-state index contributed by atoms with van der Waals surface area (Å²) in [5, 5.41) is 4.52. The number of hydrogen-bond acceptors (Lipinski definition) is 5. The minimum atomic E-state index is 0.318. The molecular weight excluding hydrogens is 222 g/mol. The van der Waals surface area contributed by atoms with Crippen LogP contribution in [0.4, 0.5) is 5.95 Å². The average Bonchev–Trinajstić information content (AvgIpc) is 2.63. The second-order valence-electron chi connectivity index (χ2n) is 3.94. The Balaban J connectivity index is 2.11. The van der Waals surface area contributed by atoms with Crippen LogP contribution in [0, 0.1) is 6.92 Å². The Morgan fingerprint density at radius 3 is 2.94 bits per heavy atom. The molecule has 0 amide bonds. The second kappa shape index (κ2) is 5.01. The van der Waals surface area contributed by atoms with E-state index in [0.29, 0.717) is 17.3 Å². The molecular formula is C11H17N3OS. The SMILES string of the molecule is CNc1nc(C)cc(SC2CCOC2C)n1. The van der Waals surface area contributed by atoms with Crippen molar-refractivity contribution in [3.63, 3.8) is 0 Å². The number of rotatable bonds is 3. The van der Waals surface area contributed by atoms with Gasteiger partial charge in [0.05, 0.1) is 6.10 Å². The fraction of sp³-hybridized carbons (Fsp3) is 0.636. The number of aryl methyl sites for hydroxylation is 1. The average molecular weight is 239 g/mol. The lowest BCUT2D eigenvalue weighted by atomic mass is 10.3. The number of ether oxygens (including phenoxy) is 1. The van der Waals surface area contributed by atoms with Crippen molar-refractivity contribution in [3.8, 4) is 0 Å². The van der Waals surface area contributed by atoms with E-state index in [1.165, 1.54) is 0 Å². The van der Waals surface area contributed by atoms with Gasteiger partial charge in [-0.05, 0) is 26.3 Å². The molecule has 16 heavy (non-hydrogen) atoms. The summed E-state index contributed by atoms with van der Waals surface area (Å²) in [7, 11) is 1.84. The summed E-state index contributed by atoms with van der Waals surface area (Å²) in [6, 6.07) is 2.02. The zero-order valence-corrected chi connectivity index (χ0v) is 10.7. The van der Waals surface area contributed by atoms with E-state index in [4.69, 9.17) is 4.74 Å². The van der Waals surface area contributed by atoms with Crippen molar-refractivity contribution < 1.29 is 4.74 Å². The van der Waals surface area contributed by atoms with Crippen LogP contribution >= 0.6 is 11.8 Å². The lowest BCUT2D eigenvalue weighted by Crippen LogP contribution is -2.13. The zero-order valence-electron chi connectivity index (χ0n) is 9.86. The van der Waals surface area contributed by atoms with Gasteiger partial charge < -0.3 is 10.1 Å². The Morgan fingerprint density at radius 2 is 2.31 bits per heavy atom. The van der Waals surface area contributed by atoms with Gasteiger partial charge in [-0.1, -0.05) is 0 Å². The van der Waals surface area contributed by atoms with Crippen LogP contribution in [0.3, 0.4) is 0 Å². The number of hydrogen-bond donors (Lipinski definition) is 1. The number of nitrogens with zero attached hydrogens (tertiary/aromatic N) is 2. The molecule has 5 heteroatoms. The van der Waals surface area contributed by atoms with Gasteiger partial charge in [0, 0.05) is 24.6 Å². The first-order chi connectivity index (χ1) is 7.69. The van der Waals surface area contributed by atoms with Crippen LogP contribution in [-0.2, 0) is 4.74 Å². The van der Waals surface area contributed by atoms with Gasteiger partial charge in [-0.3, -0.25) is 0 Å². The molecule has 1 aliphatic rings. The maximum atomic E-state index is 5.54. The maximum Gasteiger partial charge on any atom is 0.223 e. The molecule has 1 aromatic rings. The predicted octanol–water partition coefficient (Wildman–Crippen LogP) is 2.10. The molecule has 1 aromatic heterocycles. The van der Waals surface area contributed by atoms with Crippen LogP contribution in [0.15, 0.2) is 11.1 Å². The monoisotopic (exact) mass is 239 g/mol. The van der Waals surface area contributed by atoms with Crippen molar-refractivity contribution in [2.45, 2.75) is 36.6 Å². The van der Waals surface area contributed by atoms with E-state index >= 15 is 0 Å². The Morgan fingerprint density at radius 1 is 1.50 bits per heavy atom. The first kappa shape index (κ1) is 11.7. The van der Waals surface area contributed by atoms with E-state index < -0.39 is 0 Å². The minimum absolute atomic E-state index is 0.318. The summed E-state index contributed by atoms with van der Waals surface area (Å²) < 4.78 is 5.54. The smallest absolute Gasteiger partial charge is 0.223 e. The van der Waals surface area contributed by atoms with Crippen LogP contribution in [0.1, 0.15) is 19.0 Å². The van der Waals surface area contributed by atoms with Crippen molar-refractivity contribution in [3.05, 3.63) is 11.8 Å². The number of anilines is 1. The topological polar surface area (TPSA) is 47.0 Å². The number of nitrogens with one attached hydrogen (secondary N) is 1. The summed E-state index contributed by atoms with van der Waals surface area (Å²) >= 11 is 1.79. The maximum absolute atomic E-state index is 5.54. The van der Waals surface area contributed by atoms with E-state index in [2.05, 4.69) is 22.2 Å². The molecule has 2 unspecified atom stereocenters. The lowest BCUT2D eigenvalue weighted by molar-refractivity contribution is 0.127. The summed E-state index contributed by atoms with van der Waals surface area (Å²) in [6.07, 6.45) is 1.42. The molecule has 0 aromatic carbocycles. The highest BCUT2D eigenvalue weighted by molar-refractivity contribution is 7.99. The van der Waals surface area contributed by atoms with Gasteiger partial charge in [-0.2, -0.15) is 0 Å². The molecule has 0 radical (unpaired) electrons. The van der Waals surface area contributed by atoms with E-state index in [9.17, 15) is 0 Å². The van der Waals surface area contributed by atoms with Crippen LogP contribution in [0.2, 0.25) is 0 Å². The van der Waals surface area contributed by atoms with Gasteiger partial charge in [0.1, 0.15) is 5.03 Å². The van der Waals surface area contributed by atoms with Crippen molar-refractivity contribution in [2.24, 2.45) is 0 Å². The van der Waals surface area contributed by atoms with Gasteiger partial charge in [0.15, 0.2) is 0 Å². The summed E-state index contributed by atoms with van der Waals surface area (Å²) in [6.45, 7) is 4.97. The van der Waals surface area contributed by atoms with Crippen molar-refractivity contribution >= 4 is 17.7 Å². The molecule has 0 bridgehead atoms. The molecule has 2 heterocycles. The number of aromatic nitrogens is 2. The van der Waals surface area contributed by atoms with E-state index in [0.717, 1.165) is 23.7 Å². The van der Waals surface area contributed by atoms with E-state index in [1.54, 1.807) is 11.8 Å². The molecule has 2 rings (SSSR count).